The number of imidazole rings is 1. The van der Waals surface area contributed by atoms with E-state index in [-0.39, 0.29) is 0 Å². The van der Waals surface area contributed by atoms with Gasteiger partial charge in [0.15, 0.2) is 5.82 Å². The van der Waals surface area contributed by atoms with Gasteiger partial charge in [-0.15, -0.1) is 0 Å². The molecule has 0 aliphatic carbocycles. The first-order chi connectivity index (χ1) is 6.05. The Morgan fingerprint density at radius 3 is 2.85 bits per heavy atom. The highest BCUT2D eigenvalue weighted by Gasteiger charge is 2.10. The SMILES string of the molecule is CCC(C)(N)C#Cc1nccn1C. The van der Waals surface area contributed by atoms with Crippen molar-refractivity contribution in [3.05, 3.63) is 18.2 Å². The summed E-state index contributed by atoms with van der Waals surface area (Å²) in [6, 6.07) is 0. The molecule has 0 spiro atoms. The predicted molar refractivity (Wildman–Crippen MR) is 53.0 cm³/mol. The third-order valence-corrected chi connectivity index (χ3v) is 2.02. The molecule has 0 fully saturated rings. The summed E-state index contributed by atoms with van der Waals surface area (Å²) in [5.74, 6) is 6.71. The van der Waals surface area contributed by atoms with Crippen LogP contribution in [0.15, 0.2) is 12.4 Å². The van der Waals surface area contributed by atoms with E-state index < -0.39 is 5.54 Å². The van der Waals surface area contributed by atoms with E-state index in [9.17, 15) is 0 Å². The summed E-state index contributed by atoms with van der Waals surface area (Å²) in [6.45, 7) is 3.94. The van der Waals surface area contributed by atoms with Crippen molar-refractivity contribution in [1.82, 2.24) is 9.55 Å². The lowest BCUT2D eigenvalue weighted by molar-refractivity contribution is 0.585. The van der Waals surface area contributed by atoms with E-state index in [1.54, 1.807) is 6.20 Å². The van der Waals surface area contributed by atoms with Crippen LogP contribution in [0.3, 0.4) is 0 Å². The van der Waals surface area contributed by atoms with Gasteiger partial charge in [0.25, 0.3) is 0 Å². The fraction of sp³-hybridized carbons (Fsp3) is 0.500. The summed E-state index contributed by atoms with van der Waals surface area (Å²) < 4.78 is 1.87. The van der Waals surface area contributed by atoms with Crippen LogP contribution in [0.25, 0.3) is 0 Å². The number of hydrogen-bond acceptors (Lipinski definition) is 2. The zero-order valence-corrected chi connectivity index (χ0v) is 8.33. The van der Waals surface area contributed by atoms with E-state index in [4.69, 9.17) is 5.73 Å². The average Bonchev–Trinajstić information content (AvgIpc) is 2.48. The van der Waals surface area contributed by atoms with Crippen LogP contribution in [0.2, 0.25) is 0 Å². The van der Waals surface area contributed by atoms with Gasteiger partial charge in [-0.05, 0) is 19.3 Å². The molecule has 0 bridgehead atoms. The minimum atomic E-state index is -0.411. The van der Waals surface area contributed by atoms with Crippen LogP contribution in [0.4, 0.5) is 0 Å². The number of hydrogen-bond donors (Lipinski definition) is 1. The number of aryl methyl sites for hydroxylation is 1. The Morgan fingerprint density at radius 2 is 2.38 bits per heavy atom. The van der Waals surface area contributed by atoms with Gasteiger partial charge in [0.2, 0.25) is 0 Å². The first kappa shape index (κ1) is 9.82. The molecule has 0 aliphatic rings. The molecule has 1 atom stereocenters. The first-order valence-electron chi connectivity index (χ1n) is 4.34. The number of rotatable bonds is 1. The summed E-state index contributed by atoms with van der Waals surface area (Å²) in [6.07, 6.45) is 4.43. The van der Waals surface area contributed by atoms with Crippen LogP contribution in [-0.4, -0.2) is 15.1 Å². The maximum absolute atomic E-state index is 5.87. The average molecular weight is 177 g/mol. The minimum absolute atomic E-state index is 0.411. The van der Waals surface area contributed by atoms with E-state index in [2.05, 4.69) is 16.8 Å². The summed E-state index contributed by atoms with van der Waals surface area (Å²) in [5, 5.41) is 0. The van der Waals surface area contributed by atoms with E-state index in [1.807, 2.05) is 31.7 Å². The number of nitrogens with two attached hydrogens (primary N) is 1. The molecule has 1 rings (SSSR count). The molecule has 0 saturated heterocycles. The Labute approximate surface area is 79.0 Å². The molecule has 2 N–H and O–H groups in total. The molecule has 70 valence electrons. The topological polar surface area (TPSA) is 43.8 Å². The molecule has 0 radical (unpaired) electrons. The molecule has 13 heavy (non-hydrogen) atoms. The molecular formula is C10H15N3. The molecule has 0 amide bonds. The lowest BCUT2D eigenvalue weighted by Gasteiger charge is -2.13. The summed E-state index contributed by atoms with van der Waals surface area (Å²) in [5.41, 5.74) is 5.46. The van der Waals surface area contributed by atoms with Gasteiger partial charge in [-0.1, -0.05) is 12.8 Å². The fourth-order valence-electron chi connectivity index (χ4n) is 0.773. The third kappa shape index (κ3) is 2.60. The van der Waals surface area contributed by atoms with Crippen molar-refractivity contribution in [2.45, 2.75) is 25.8 Å². The van der Waals surface area contributed by atoms with Gasteiger partial charge < -0.3 is 10.3 Å². The Bertz CT molecular complexity index is 339. The Kier molecular flexibility index (Phi) is 2.74. The lowest BCUT2D eigenvalue weighted by atomic mass is 10.0. The molecular weight excluding hydrogens is 162 g/mol. The van der Waals surface area contributed by atoms with Gasteiger partial charge in [0.05, 0.1) is 5.54 Å². The van der Waals surface area contributed by atoms with Gasteiger partial charge in [-0.2, -0.15) is 0 Å². The van der Waals surface area contributed by atoms with Crippen molar-refractivity contribution < 1.29 is 0 Å². The van der Waals surface area contributed by atoms with Crippen molar-refractivity contribution in [1.29, 1.82) is 0 Å². The monoisotopic (exact) mass is 177 g/mol. The second-order valence-corrected chi connectivity index (χ2v) is 3.38. The molecule has 3 nitrogen and oxygen atoms in total. The molecule has 0 saturated carbocycles. The fourth-order valence-corrected chi connectivity index (χ4v) is 0.773. The molecule has 1 unspecified atom stereocenters. The molecule has 1 aromatic rings. The van der Waals surface area contributed by atoms with Crippen molar-refractivity contribution in [3.63, 3.8) is 0 Å². The Hall–Kier alpha value is -1.27. The van der Waals surface area contributed by atoms with Crippen molar-refractivity contribution in [2.75, 3.05) is 0 Å². The van der Waals surface area contributed by atoms with Crippen LogP contribution < -0.4 is 5.73 Å². The minimum Gasteiger partial charge on any atom is -0.327 e. The second kappa shape index (κ2) is 3.63. The zero-order chi connectivity index (χ0) is 9.90. The highest BCUT2D eigenvalue weighted by molar-refractivity contribution is 5.26. The zero-order valence-electron chi connectivity index (χ0n) is 8.33. The number of aromatic nitrogens is 2. The van der Waals surface area contributed by atoms with Crippen LogP contribution in [0.5, 0.6) is 0 Å². The number of nitrogens with zero attached hydrogens (tertiary/aromatic N) is 2. The van der Waals surface area contributed by atoms with E-state index in [1.165, 1.54) is 0 Å². The molecule has 0 aliphatic heterocycles. The van der Waals surface area contributed by atoms with Crippen molar-refractivity contribution >= 4 is 0 Å². The second-order valence-electron chi connectivity index (χ2n) is 3.38. The molecule has 3 heteroatoms. The van der Waals surface area contributed by atoms with Gasteiger partial charge in [-0.3, -0.25) is 0 Å². The van der Waals surface area contributed by atoms with E-state index in [0.29, 0.717) is 0 Å². The maximum atomic E-state index is 5.87. The molecule has 0 aromatic carbocycles. The third-order valence-electron chi connectivity index (χ3n) is 2.02. The van der Waals surface area contributed by atoms with Crippen LogP contribution in [0, 0.1) is 11.8 Å². The Morgan fingerprint density at radius 1 is 1.69 bits per heavy atom. The first-order valence-corrected chi connectivity index (χ1v) is 4.34. The highest BCUT2D eigenvalue weighted by atomic mass is 15.0. The summed E-state index contributed by atoms with van der Waals surface area (Å²) >= 11 is 0. The largest absolute Gasteiger partial charge is 0.327 e. The van der Waals surface area contributed by atoms with Gasteiger partial charge in [-0.25, -0.2) is 4.98 Å². The van der Waals surface area contributed by atoms with E-state index >= 15 is 0 Å². The van der Waals surface area contributed by atoms with Crippen LogP contribution in [0.1, 0.15) is 26.1 Å². The van der Waals surface area contributed by atoms with Crippen molar-refractivity contribution in [3.8, 4) is 11.8 Å². The molecule has 1 aromatic heterocycles. The lowest BCUT2D eigenvalue weighted by Crippen LogP contribution is -2.33. The normalized spacial score (nSPS) is 14.5. The highest BCUT2D eigenvalue weighted by Crippen LogP contribution is 2.02. The van der Waals surface area contributed by atoms with E-state index in [0.717, 1.165) is 12.2 Å². The molecule has 1 heterocycles. The standard InChI is InChI=1S/C10H15N3/c1-4-10(2,11)6-5-9-12-7-8-13(9)3/h7-8H,4,11H2,1-3H3. The van der Waals surface area contributed by atoms with Crippen LogP contribution >= 0.6 is 0 Å². The van der Waals surface area contributed by atoms with Gasteiger partial charge in [0.1, 0.15) is 0 Å². The smallest absolute Gasteiger partial charge is 0.185 e. The van der Waals surface area contributed by atoms with Crippen molar-refractivity contribution in [2.24, 2.45) is 12.8 Å². The summed E-state index contributed by atoms with van der Waals surface area (Å²) in [4.78, 5) is 4.09. The van der Waals surface area contributed by atoms with Gasteiger partial charge in [0, 0.05) is 19.4 Å². The predicted octanol–water partition coefficient (Wildman–Crippen LogP) is 0.899. The summed E-state index contributed by atoms with van der Waals surface area (Å²) in [7, 11) is 1.91. The quantitative estimate of drug-likeness (QED) is 0.648. The van der Waals surface area contributed by atoms with Crippen LogP contribution in [-0.2, 0) is 7.05 Å². The van der Waals surface area contributed by atoms with Gasteiger partial charge >= 0.3 is 0 Å². The Balaban J connectivity index is 2.84. The maximum Gasteiger partial charge on any atom is 0.185 e.